The highest BCUT2D eigenvalue weighted by atomic mass is 19.1. The smallest absolute Gasteiger partial charge is 0.256 e. The van der Waals surface area contributed by atoms with E-state index < -0.39 is 5.82 Å². The second-order valence-electron chi connectivity index (χ2n) is 6.61. The van der Waals surface area contributed by atoms with E-state index in [1.54, 1.807) is 47.5 Å². The van der Waals surface area contributed by atoms with Crippen molar-refractivity contribution in [2.75, 3.05) is 36.4 Å². The van der Waals surface area contributed by atoms with Gasteiger partial charge in [-0.1, -0.05) is 24.3 Å². The average Bonchev–Trinajstić information content (AvgIpc) is 2.76. The molecule has 1 aliphatic rings. The van der Waals surface area contributed by atoms with Crippen LogP contribution in [0.1, 0.15) is 10.4 Å². The third-order valence-electron chi connectivity index (χ3n) is 4.73. The van der Waals surface area contributed by atoms with Crippen LogP contribution in [-0.2, 0) is 0 Å². The molecule has 148 valence electrons. The minimum Gasteiger partial charge on any atom is -0.338 e. The maximum atomic E-state index is 13.9. The second-order valence-corrected chi connectivity index (χ2v) is 6.61. The first-order valence-corrected chi connectivity index (χ1v) is 9.25. The van der Waals surface area contributed by atoms with Crippen LogP contribution in [-0.4, -0.2) is 47.0 Å². The fourth-order valence-corrected chi connectivity index (χ4v) is 3.19. The normalized spacial score (nSPS) is 14.0. The number of rotatable bonds is 4. The predicted molar refractivity (Wildman–Crippen MR) is 106 cm³/mol. The minimum absolute atomic E-state index is 0.0771. The van der Waals surface area contributed by atoms with Crippen molar-refractivity contribution in [3.05, 3.63) is 78.0 Å². The molecule has 0 atom stereocenters. The third kappa shape index (κ3) is 4.16. The lowest BCUT2D eigenvalue weighted by Gasteiger charge is -2.34. The Morgan fingerprint density at radius 3 is 2.31 bits per heavy atom. The van der Waals surface area contributed by atoms with Gasteiger partial charge in [0.2, 0.25) is 5.95 Å². The fraction of sp³-hybridized carbons (Fsp3) is 0.190. The number of hydrogen-bond donors (Lipinski definition) is 1. The Balaban J connectivity index is 1.42. The number of benzene rings is 2. The number of nitrogens with zero attached hydrogens (tertiary/aromatic N) is 4. The first kappa shape index (κ1) is 18.8. The summed E-state index contributed by atoms with van der Waals surface area (Å²) in [5.41, 5.74) is 0.408. The molecule has 3 aromatic rings. The number of para-hydroxylation sites is 1. The molecule has 0 spiro atoms. The van der Waals surface area contributed by atoms with Crippen molar-refractivity contribution in [3.63, 3.8) is 0 Å². The van der Waals surface area contributed by atoms with Gasteiger partial charge in [0.25, 0.3) is 5.91 Å². The zero-order valence-corrected chi connectivity index (χ0v) is 15.6. The molecule has 29 heavy (non-hydrogen) atoms. The van der Waals surface area contributed by atoms with Crippen molar-refractivity contribution in [1.29, 1.82) is 0 Å². The van der Waals surface area contributed by atoms with Crippen LogP contribution in [0.3, 0.4) is 0 Å². The second kappa shape index (κ2) is 8.22. The zero-order chi connectivity index (χ0) is 20.2. The lowest BCUT2D eigenvalue weighted by atomic mass is 10.1. The van der Waals surface area contributed by atoms with Crippen LogP contribution in [0.25, 0.3) is 0 Å². The van der Waals surface area contributed by atoms with Gasteiger partial charge in [0, 0.05) is 32.4 Å². The van der Waals surface area contributed by atoms with Crippen molar-refractivity contribution in [2.24, 2.45) is 0 Å². The molecular weight excluding hydrogens is 376 g/mol. The van der Waals surface area contributed by atoms with E-state index in [4.69, 9.17) is 0 Å². The molecule has 6 nitrogen and oxygen atoms in total. The molecule has 0 unspecified atom stereocenters. The van der Waals surface area contributed by atoms with Gasteiger partial charge in [-0.3, -0.25) is 4.79 Å². The number of halogens is 2. The highest BCUT2D eigenvalue weighted by Gasteiger charge is 2.25. The molecule has 1 N–H and O–H groups in total. The van der Waals surface area contributed by atoms with Gasteiger partial charge in [-0.15, -0.1) is 0 Å². The van der Waals surface area contributed by atoms with E-state index >= 15 is 0 Å². The molecule has 8 heteroatoms. The minimum atomic E-state index is -0.518. The summed E-state index contributed by atoms with van der Waals surface area (Å²) in [7, 11) is 0. The maximum Gasteiger partial charge on any atom is 0.256 e. The molecule has 1 saturated heterocycles. The van der Waals surface area contributed by atoms with Crippen LogP contribution in [0, 0.1) is 11.6 Å². The third-order valence-corrected chi connectivity index (χ3v) is 4.73. The number of nitrogens with one attached hydrogen (secondary N) is 1. The summed E-state index contributed by atoms with van der Waals surface area (Å²) < 4.78 is 27.7. The monoisotopic (exact) mass is 395 g/mol. The van der Waals surface area contributed by atoms with E-state index in [0.717, 1.165) is 0 Å². The van der Waals surface area contributed by atoms with Crippen molar-refractivity contribution in [3.8, 4) is 0 Å². The van der Waals surface area contributed by atoms with Crippen LogP contribution in [0.15, 0.2) is 60.8 Å². The molecule has 0 aliphatic carbocycles. The Morgan fingerprint density at radius 1 is 0.897 bits per heavy atom. The van der Waals surface area contributed by atoms with E-state index in [2.05, 4.69) is 15.3 Å². The van der Waals surface area contributed by atoms with Gasteiger partial charge >= 0.3 is 0 Å². The number of amides is 1. The summed E-state index contributed by atoms with van der Waals surface area (Å²) in [6, 6.07) is 14.0. The Labute approximate surface area is 166 Å². The molecule has 2 aromatic carbocycles. The first-order valence-electron chi connectivity index (χ1n) is 9.25. The summed E-state index contributed by atoms with van der Waals surface area (Å²) in [4.78, 5) is 24.8. The summed E-state index contributed by atoms with van der Waals surface area (Å²) in [6.45, 7) is 1.90. The highest BCUT2D eigenvalue weighted by molar-refractivity contribution is 5.94. The summed E-state index contributed by atoms with van der Waals surface area (Å²) in [5, 5.41) is 2.95. The largest absolute Gasteiger partial charge is 0.338 e. The van der Waals surface area contributed by atoms with Gasteiger partial charge < -0.3 is 15.1 Å². The zero-order valence-electron chi connectivity index (χ0n) is 15.6. The summed E-state index contributed by atoms with van der Waals surface area (Å²) >= 11 is 0. The van der Waals surface area contributed by atoms with Gasteiger partial charge in [0.1, 0.15) is 17.5 Å². The highest BCUT2D eigenvalue weighted by Crippen LogP contribution is 2.20. The predicted octanol–water partition coefficient (Wildman–Crippen LogP) is 3.46. The SMILES string of the molecule is O=C(c1ccccc1F)N1CCN(c2nccc(Nc3ccccc3F)n2)CC1. The summed E-state index contributed by atoms with van der Waals surface area (Å²) in [6.07, 6.45) is 1.60. The Bertz CT molecular complexity index is 1020. The summed E-state index contributed by atoms with van der Waals surface area (Å²) in [5.74, 6) is -0.240. The van der Waals surface area contributed by atoms with Gasteiger partial charge in [-0.2, -0.15) is 4.98 Å². The van der Waals surface area contributed by atoms with Gasteiger partial charge in [0.05, 0.1) is 11.3 Å². The van der Waals surface area contributed by atoms with Crippen molar-refractivity contribution < 1.29 is 13.6 Å². The Morgan fingerprint density at radius 2 is 1.59 bits per heavy atom. The average molecular weight is 395 g/mol. The molecule has 0 saturated carbocycles. The molecule has 2 heterocycles. The van der Waals surface area contributed by atoms with Crippen LogP contribution in [0.4, 0.5) is 26.2 Å². The van der Waals surface area contributed by atoms with Crippen molar-refractivity contribution >= 4 is 23.4 Å². The van der Waals surface area contributed by atoms with E-state index in [0.29, 0.717) is 43.6 Å². The number of carbonyl (C=O) groups excluding carboxylic acids is 1. The molecular formula is C21H19F2N5O. The van der Waals surface area contributed by atoms with Crippen LogP contribution >= 0.6 is 0 Å². The van der Waals surface area contributed by atoms with Crippen molar-refractivity contribution in [2.45, 2.75) is 0 Å². The number of piperazine rings is 1. The molecule has 1 aliphatic heterocycles. The van der Waals surface area contributed by atoms with Gasteiger partial charge in [-0.25, -0.2) is 13.8 Å². The van der Waals surface area contributed by atoms with E-state index in [-0.39, 0.29) is 17.3 Å². The molecule has 0 radical (unpaired) electrons. The quantitative estimate of drug-likeness (QED) is 0.733. The van der Waals surface area contributed by atoms with E-state index in [1.807, 2.05) is 4.90 Å². The first-order chi connectivity index (χ1) is 14.1. The number of aromatic nitrogens is 2. The van der Waals surface area contributed by atoms with Crippen LogP contribution in [0.5, 0.6) is 0 Å². The molecule has 0 bridgehead atoms. The standard InChI is InChI=1S/C21H19F2N5O/c22-16-6-2-1-5-15(16)20(29)27-11-13-28(14-12-27)21-24-10-9-19(26-21)25-18-8-4-3-7-17(18)23/h1-10H,11-14H2,(H,24,25,26). The van der Waals surface area contributed by atoms with Gasteiger partial charge in [-0.05, 0) is 30.3 Å². The Kier molecular flexibility index (Phi) is 5.33. The van der Waals surface area contributed by atoms with Gasteiger partial charge in [0.15, 0.2) is 0 Å². The number of hydrogen-bond acceptors (Lipinski definition) is 5. The number of anilines is 3. The lowest BCUT2D eigenvalue weighted by molar-refractivity contribution is 0.0741. The fourth-order valence-electron chi connectivity index (χ4n) is 3.19. The molecule has 1 aromatic heterocycles. The number of carbonyl (C=O) groups is 1. The molecule has 1 fully saturated rings. The Hall–Kier alpha value is -3.55. The van der Waals surface area contributed by atoms with Crippen LogP contribution < -0.4 is 10.2 Å². The van der Waals surface area contributed by atoms with E-state index in [1.165, 1.54) is 18.2 Å². The van der Waals surface area contributed by atoms with Crippen molar-refractivity contribution in [1.82, 2.24) is 14.9 Å². The topological polar surface area (TPSA) is 61.4 Å². The van der Waals surface area contributed by atoms with E-state index in [9.17, 15) is 13.6 Å². The lowest BCUT2D eigenvalue weighted by Crippen LogP contribution is -2.49. The van der Waals surface area contributed by atoms with Crippen LogP contribution in [0.2, 0.25) is 0 Å². The molecule has 4 rings (SSSR count). The maximum absolute atomic E-state index is 13.9. The molecule has 1 amide bonds.